The molecule has 4 nitrogen and oxygen atoms in total. The van der Waals surface area contributed by atoms with E-state index >= 15 is 0 Å². The highest BCUT2D eigenvalue weighted by atomic mass is 16.5. The molecule has 1 unspecified atom stereocenters. The Morgan fingerprint density at radius 1 is 1.33 bits per heavy atom. The molecule has 0 aromatic heterocycles. The van der Waals surface area contributed by atoms with Gasteiger partial charge in [-0.3, -0.25) is 4.90 Å². The Bertz CT molecular complexity index is 291. The average Bonchev–Trinajstić information content (AvgIpc) is 2.51. The second kappa shape index (κ2) is 8.47. The molecule has 0 radical (unpaired) electrons. The lowest BCUT2D eigenvalue weighted by Gasteiger charge is -2.46. The Morgan fingerprint density at radius 2 is 2.10 bits per heavy atom. The Labute approximate surface area is 130 Å². The number of aliphatic hydroxyl groups excluding tert-OH is 1. The van der Waals surface area contributed by atoms with Crippen molar-refractivity contribution in [2.75, 3.05) is 46.0 Å². The van der Waals surface area contributed by atoms with Crippen molar-refractivity contribution in [3.63, 3.8) is 0 Å². The third kappa shape index (κ3) is 4.92. The van der Waals surface area contributed by atoms with Gasteiger partial charge in [0.25, 0.3) is 0 Å². The molecule has 0 amide bonds. The fourth-order valence-corrected chi connectivity index (χ4v) is 3.79. The molecule has 2 fully saturated rings. The molecule has 0 spiro atoms. The minimum Gasteiger partial charge on any atom is -0.395 e. The van der Waals surface area contributed by atoms with Gasteiger partial charge in [-0.2, -0.15) is 0 Å². The van der Waals surface area contributed by atoms with Crippen molar-refractivity contribution < 1.29 is 9.84 Å². The summed E-state index contributed by atoms with van der Waals surface area (Å²) in [4.78, 5) is 2.48. The molecule has 21 heavy (non-hydrogen) atoms. The lowest BCUT2D eigenvalue weighted by molar-refractivity contribution is -0.0512. The van der Waals surface area contributed by atoms with Crippen LogP contribution >= 0.6 is 0 Å². The molecule has 1 atom stereocenters. The first-order chi connectivity index (χ1) is 10.2. The van der Waals surface area contributed by atoms with Crippen molar-refractivity contribution in [1.82, 2.24) is 10.2 Å². The van der Waals surface area contributed by atoms with E-state index in [0.717, 1.165) is 38.7 Å². The van der Waals surface area contributed by atoms with E-state index in [9.17, 15) is 5.11 Å². The Kier molecular flexibility index (Phi) is 6.93. The summed E-state index contributed by atoms with van der Waals surface area (Å²) >= 11 is 0. The standard InChI is InChI=1S/C17H34N2O2/c1-3-8-18-13-17(6-4-15(2)5-7-17)14-19-9-10-21-12-16(19)11-20/h15-16,18,20H,3-14H2,1-2H3. The normalized spacial score (nSPS) is 35.0. The summed E-state index contributed by atoms with van der Waals surface area (Å²) in [6.07, 6.45) is 6.54. The van der Waals surface area contributed by atoms with Crippen molar-refractivity contribution in [1.29, 1.82) is 0 Å². The third-order valence-corrected chi connectivity index (χ3v) is 5.36. The molecule has 0 aromatic carbocycles. The van der Waals surface area contributed by atoms with Gasteiger partial charge in [-0.25, -0.2) is 0 Å². The molecule has 1 aliphatic heterocycles. The van der Waals surface area contributed by atoms with Crippen molar-refractivity contribution in [3.8, 4) is 0 Å². The predicted molar refractivity (Wildman–Crippen MR) is 86.5 cm³/mol. The summed E-state index contributed by atoms with van der Waals surface area (Å²) in [6.45, 7) is 10.7. The Balaban J connectivity index is 1.97. The van der Waals surface area contributed by atoms with Crippen LogP contribution in [0.5, 0.6) is 0 Å². The van der Waals surface area contributed by atoms with E-state index in [1.54, 1.807) is 0 Å². The van der Waals surface area contributed by atoms with E-state index in [2.05, 4.69) is 24.1 Å². The highest BCUT2D eigenvalue weighted by molar-refractivity contribution is 4.91. The van der Waals surface area contributed by atoms with Crippen LogP contribution in [-0.4, -0.2) is 62.0 Å². The maximum absolute atomic E-state index is 9.59. The van der Waals surface area contributed by atoms with Crippen LogP contribution in [0.2, 0.25) is 0 Å². The van der Waals surface area contributed by atoms with Crippen molar-refractivity contribution >= 4 is 0 Å². The summed E-state index contributed by atoms with van der Waals surface area (Å²) in [5.74, 6) is 0.877. The Morgan fingerprint density at radius 3 is 2.76 bits per heavy atom. The molecule has 2 N–H and O–H groups in total. The van der Waals surface area contributed by atoms with Crippen LogP contribution in [0.15, 0.2) is 0 Å². The zero-order chi connectivity index (χ0) is 15.1. The average molecular weight is 298 g/mol. The smallest absolute Gasteiger partial charge is 0.0644 e. The zero-order valence-corrected chi connectivity index (χ0v) is 13.9. The fourth-order valence-electron chi connectivity index (χ4n) is 3.79. The van der Waals surface area contributed by atoms with Crippen LogP contribution in [-0.2, 0) is 4.74 Å². The number of nitrogens with zero attached hydrogens (tertiary/aromatic N) is 1. The van der Waals surface area contributed by atoms with Gasteiger partial charge in [0.05, 0.1) is 25.9 Å². The van der Waals surface area contributed by atoms with Gasteiger partial charge < -0.3 is 15.2 Å². The minimum absolute atomic E-state index is 0.196. The molecule has 0 aromatic rings. The minimum atomic E-state index is 0.196. The molecule has 0 bridgehead atoms. The number of morpholine rings is 1. The van der Waals surface area contributed by atoms with Crippen molar-refractivity contribution in [2.45, 2.75) is 52.0 Å². The van der Waals surface area contributed by atoms with Gasteiger partial charge >= 0.3 is 0 Å². The molecule has 1 saturated heterocycles. The maximum atomic E-state index is 9.59. The predicted octanol–water partition coefficient (Wildman–Crippen LogP) is 1.88. The van der Waals surface area contributed by atoms with Crippen molar-refractivity contribution in [3.05, 3.63) is 0 Å². The second-order valence-corrected chi connectivity index (χ2v) is 7.24. The molecule has 1 heterocycles. The topological polar surface area (TPSA) is 44.7 Å². The summed E-state index contributed by atoms with van der Waals surface area (Å²) in [5.41, 5.74) is 0.395. The zero-order valence-electron chi connectivity index (χ0n) is 13.9. The van der Waals surface area contributed by atoms with Crippen LogP contribution < -0.4 is 5.32 Å². The van der Waals surface area contributed by atoms with Crippen LogP contribution in [0.25, 0.3) is 0 Å². The molecule has 1 saturated carbocycles. The van der Waals surface area contributed by atoms with Crippen LogP contribution in [0.1, 0.15) is 46.0 Å². The summed E-state index contributed by atoms with van der Waals surface area (Å²) < 4.78 is 5.52. The van der Waals surface area contributed by atoms with Crippen LogP contribution in [0, 0.1) is 11.3 Å². The SMILES string of the molecule is CCCNCC1(CN2CCOCC2CO)CCC(C)CC1. The van der Waals surface area contributed by atoms with E-state index in [1.807, 2.05) is 0 Å². The summed E-state index contributed by atoms with van der Waals surface area (Å²) in [5, 5.41) is 13.3. The number of hydrogen-bond donors (Lipinski definition) is 2. The van der Waals surface area contributed by atoms with Crippen LogP contribution in [0.4, 0.5) is 0 Å². The van der Waals surface area contributed by atoms with E-state index in [4.69, 9.17) is 4.74 Å². The number of ether oxygens (including phenoxy) is 1. The summed E-state index contributed by atoms with van der Waals surface area (Å²) in [7, 11) is 0. The quantitative estimate of drug-likeness (QED) is 0.704. The molecular weight excluding hydrogens is 264 g/mol. The first-order valence-corrected chi connectivity index (χ1v) is 8.82. The molecular formula is C17H34N2O2. The first-order valence-electron chi connectivity index (χ1n) is 8.82. The molecule has 1 aliphatic carbocycles. The largest absolute Gasteiger partial charge is 0.395 e. The molecule has 124 valence electrons. The van der Waals surface area contributed by atoms with Gasteiger partial charge in [0, 0.05) is 19.6 Å². The lowest BCUT2D eigenvalue weighted by Crippen LogP contribution is -2.54. The highest BCUT2D eigenvalue weighted by Gasteiger charge is 2.37. The van der Waals surface area contributed by atoms with Gasteiger partial charge in [-0.1, -0.05) is 26.7 Å². The van der Waals surface area contributed by atoms with Gasteiger partial charge in [-0.15, -0.1) is 0 Å². The molecule has 4 heteroatoms. The lowest BCUT2D eigenvalue weighted by atomic mass is 9.70. The summed E-state index contributed by atoms with van der Waals surface area (Å²) in [6, 6.07) is 0.196. The van der Waals surface area contributed by atoms with Gasteiger partial charge in [0.15, 0.2) is 0 Å². The van der Waals surface area contributed by atoms with Crippen molar-refractivity contribution in [2.24, 2.45) is 11.3 Å². The fraction of sp³-hybridized carbons (Fsp3) is 1.00. The second-order valence-electron chi connectivity index (χ2n) is 7.24. The first kappa shape index (κ1) is 17.2. The van der Waals surface area contributed by atoms with E-state index in [-0.39, 0.29) is 12.6 Å². The third-order valence-electron chi connectivity index (χ3n) is 5.36. The van der Waals surface area contributed by atoms with Crippen LogP contribution in [0.3, 0.4) is 0 Å². The monoisotopic (exact) mass is 298 g/mol. The molecule has 2 aliphatic rings. The van der Waals surface area contributed by atoms with Gasteiger partial charge in [0.1, 0.15) is 0 Å². The number of rotatable bonds is 7. The van der Waals surface area contributed by atoms with E-state index in [1.165, 1.54) is 32.1 Å². The molecule has 2 rings (SSSR count). The number of aliphatic hydroxyl groups is 1. The van der Waals surface area contributed by atoms with Gasteiger partial charge in [0.2, 0.25) is 0 Å². The highest BCUT2D eigenvalue weighted by Crippen LogP contribution is 2.39. The number of nitrogens with one attached hydrogen (secondary N) is 1. The van der Waals surface area contributed by atoms with Gasteiger partial charge in [-0.05, 0) is 37.1 Å². The van der Waals surface area contributed by atoms with E-state index in [0.29, 0.717) is 12.0 Å². The van der Waals surface area contributed by atoms with E-state index < -0.39 is 0 Å². The Hall–Kier alpha value is -0.160. The number of hydrogen-bond acceptors (Lipinski definition) is 4. The maximum Gasteiger partial charge on any atom is 0.0644 e.